The molecule has 1 unspecified atom stereocenters. The fraction of sp³-hybridized carbons (Fsp3) is 0.478. The van der Waals surface area contributed by atoms with Crippen LogP contribution in [0.4, 0.5) is 4.79 Å². The van der Waals surface area contributed by atoms with Gasteiger partial charge in [0.05, 0.1) is 19.7 Å². The van der Waals surface area contributed by atoms with Gasteiger partial charge >= 0.3 is 6.09 Å². The molecule has 0 radical (unpaired) electrons. The van der Waals surface area contributed by atoms with Crippen molar-refractivity contribution in [2.45, 2.75) is 45.6 Å². The zero-order valence-electron chi connectivity index (χ0n) is 17.4. The largest absolute Gasteiger partial charge is 0.453 e. The van der Waals surface area contributed by atoms with Gasteiger partial charge in [-0.25, -0.2) is 4.79 Å². The van der Waals surface area contributed by atoms with Gasteiger partial charge in [0, 0.05) is 6.54 Å². The van der Waals surface area contributed by atoms with Gasteiger partial charge in [-0.1, -0.05) is 44.2 Å². The number of rotatable bonds is 9. The number of ether oxygens (including phenoxy) is 1. The van der Waals surface area contributed by atoms with E-state index in [9.17, 15) is 4.79 Å². The Hall–Kier alpha value is -2.56. The molecule has 1 amide bonds. The van der Waals surface area contributed by atoms with E-state index in [0.717, 1.165) is 32.2 Å². The summed E-state index contributed by atoms with van der Waals surface area (Å²) < 4.78 is 4.78. The third kappa shape index (κ3) is 5.47. The van der Waals surface area contributed by atoms with Crippen LogP contribution >= 0.6 is 0 Å². The molecular formula is C23H33N3O2. The molecule has 5 heteroatoms. The first kappa shape index (κ1) is 21.7. The van der Waals surface area contributed by atoms with Crippen molar-refractivity contribution < 1.29 is 9.53 Å². The van der Waals surface area contributed by atoms with Crippen molar-refractivity contribution in [1.82, 2.24) is 10.2 Å². The summed E-state index contributed by atoms with van der Waals surface area (Å²) in [7, 11) is 1.37. The highest BCUT2D eigenvalue weighted by molar-refractivity contribution is 5.95. The van der Waals surface area contributed by atoms with Crippen LogP contribution in [-0.4, -0.2) is 37.2 Å². The lowest BCUT2D eigenvalue weighted by molar-refractivity contribution is 0.175. The average Bonchev–Trinajstić information content (AvgIpc) is 3.05. The summed E-state index contributed by atoms with van der Waals surface area (Å²) in [5.74, 6) is 1.24. The molecule has 0 saturated heterocycles. The Balaban J connectivity index is 2.33. The molecular weight excluding hydrogens is 350 g/mol. The SMILES string of the molecule is C=CCc1cccc(C2CN=C(NC(=O)OC)N2CCCC(C)C)c1CC=C. The monoisotopic (exact) mass is 383 g/mol. The van der Waals surface area contributed by atoms with Gasteiger partial charge in [0.25, 0.3) is 0 Å². The van der Waals surface area contributed by atoms with Gasteiger partial charge < -0.3 is 9.64 Å². The summed E-state index contributed by atoms with van der Waals surface area (Å²) in [5.41, 5.74) is 3.80. The maximum atomic E-state index is 11.8. The average molecular weight is 384 g/mol. The van der Waals surface area contributed by atoms with Crippen LogP contribution < -0.4 is 5.32 Å². The maximum absolute atomic E-state index is 11.8. The minimum absolute atomic E-state index is 0.0963. The molecule has 0 aromatic heterocycles. The number of hydrogen-bond donors (Lipinski definition) is 1. The van der Waals surface area contributed by atoms with Crippen LogP contribution in [0, 0.1) is 5.92 Å². The zero-order valence-corrected chi connectivity index (χ0v) is 17.4. The molecule has 2 rings (SSSR count). The highest BCUT2D eigenvalue weighted by atomic mass is 16.5. The second-order valence-electron chi connectivity index (χ2n) is 7.50. The Morgan fingerprint density at radius 1 is 1.36 bits per heavy atom. The number of guanidine groups is 1. The van der Waals surface area contributed by atoms with Crippen molar-refractivity contribution >= 4 is 12.1 Å². The van der Waals surface area contributed by atoms with Crippen LogP contribution in [0.15, 0.2) is 48.5 Å². The Morgan fingerprint density at radius 3 is 2.75 bits per heavy atom. The van der Waals surface area contributed by atoms with E-state index in [4.69, 9.17) is 4.74 Å². The lowest BCUT2D eigenvalue weighted by Crippen LogP contribution is -2.43. The lowest BCUT2D eigenvalue weighted by Gasteiger charge is -2.30. The van der Waals surface area contributed by atoms with Gasteiger partial charge in [-0.05, 0) is 48.3 Å². The molecule has 5 nitrogen and oxygen atoms in total. The molecule has 0 bridgehead atoms. The van der Waals surface area contributed by atoms with E-state index in [2.05, 4.69) is 60.4 Å². The molecule has 0 spiro atoms. The molecule has 1 aromatic carbocycles. The van der Waals surface area contributed by atoms with Crippen molar-refractivity contribution in [2.75, 3.05) is 20.2 Å². The molecule has 1 aromatic rings. The maximum Gasteiger partial charge on any atom is 0.413 e. The number of aliphatic imine (C=N–C) groups is 1. The van der Waals surface area contributed by atoms with Crippen molar-refractivity contribution in [3.8, 4) is 0 Å². The summed E-state index contributed by atoms with van der Waals surface area (Å²) >= 11 is 0. The topological polar surface area (TPSA) is 53.9 Å². The van der Waals surface area contributed by atoms with Crippen LogP contribution in [0.5, 0.6) is 0 Å². The Morgan fingerprint density at radius 2 is 2.11 bits per heavy atom. The van der Waals surface area contributed by atoms with Crippen LogP contribution in [0.1, 0.15) is 49.4 Å². The molecule has 1 aliphatic rings. The number of hydrogen-bond acceptors (Lipinski definition) is 4. The normalized spacial score (nSPS) is 16.1. The first-order valence-electron chi connectivity index (χ1n) is 10.00. The number of amides is 1. The molecule has 152 valence electrons. The first-order valence-corrected chi connectivity index (χ1v) is 10.00. The van der Waals surface area contributed by atoms with Crippen molar-refractivity contribution in [3.63, 3.8) is 0 Å². The van der Waals surface area contributed by atoms with Gasteiger partial charge in [0.1, 0.15) is 0 Å². The Bertz CT molecular complexity index is 725. The molecule has 1 heterocycles. The van der Waals surface area contributed by atoms with E-state index in [-0.39, 0.29) is 6.04 Å². The third-order valence-electron chi connectivity index (χ3n) is 5.02. The minimum Gasteiger partial charge on any atom is -0.453 e. The number of allylic oxidation sites excluding steroid dienone is 2. The lowest BCUT2D eigenvalue weighted by atomic mass is 9.91. The van der Waals surface area contributed by atoms with Crippen molar-refractivity contribution in [1.29, 1.82) is 0 Å². The number of nitrogens with one attached hydrogen (secondary N) is 1. The van der Waals surface area contributed by atoms with Gasteiger partial charge in [-0.15, -0.1) is 13.2 Å². The number of benzene rings is 1. The predicted molar refractivity (Wildman–Crippen MR) is 116 cm³/mol. The first-order chi connectivity index (χ1) is 13.5. The van der Waals surface area contributed by atoms with E-state index in [1.807, 2.05) is 12.2 Å². The molecule has 28 heavy (non-hydrogen) atoms. The smallest absolute Gasteiger partial charge is 0.413 e. The number of carbonyl (C=O) groups excluding carboxylic acids is 1. The van der Waals surface area contributed by atoms with Crippen molar-refractivity contribution in [2.24, 2.45) is 10.9 Å². The summed E-state index contributed by atoms with van der Waals surface area (Å²) in [5, 5.41) is 2.79. The van der Waals surface area contributed by atoms with Crippen LogP contribution in [0.3, 0.4) is 0 Å². The van der Waals surface area contributed by atoms with E-state index >= 15 is 0 Å². The number of carbonyl (C=O) groups is 1. The molecule has 0 saturated carbocycles. The van der Waals surface area contributed by atoms with Crippen LogP contribution in [-0.2, 0) is 17.6 Å². The van der Waals surface area contributed by atoms with E-state index in [1.165, 1.54) is 23.8 Å². The number of methoxy groups -OCH3 is 1. The molecule has 1 atom stereocenters. The Labute approximate surface area is 169 Å². The Kier molecular flexibility index (Phi) is 8.30. The minimum atomic E-state index is -0.486. The quantitative estimate of drug-likeness (QED) is 0.632. The van der Waals surface area contributed by atoms with Gasteiger partial charge in [0.15, 0.2) is 0 Å². The summed E-state index contributed by atoms with van der Waals surface area (Å²) in [4.78, 5) is 18.6. The second kappa shape index (κ2) is 10.7. The fourth-order valence-corrected chi connectivity index (χ4v) is 3.67. The third-order valence-corrected chi connectivity index (χ3v) is 5.02. The summed E-state index contributed by atoms with van der Waals surface area (Å²) in [6, 6.07) is 6.51. The van der Waals surface area contributed by atoms with Gasteiger partial charge in [0.2, 0.25) is 5.96 Å². The molecule has 0 aliphatic carbocycles. The van der Waals surface area contributed by atoms with Gasteiger partial charge in [-0.2, -0.15) is 0 Å². The van der Waals surface area contributed by atoms with E-state index in [1.54, 1.807) is 0 Å². The summed E-state index contributed by atoms with van der Waals surface area (Å²) in [6.07, 6.45) is 7.18. The number of nitrogens with zero attached hydrogens (tertiary/aromatic N) is 2. The summed E-state index contributed by atoms with van der Waals surface area (Å²) in [6.45, 7) is 13.7. The van der Waals surface area contributed by atoms with E-state index in [0.29, 0.717) is 18.4 Å². The molecule has 0 fully saturated rings. The zero-order chi connectivity index (χ0) is 20.5. The van der Waals surface area contributed by atoms with Crippen LogP contribution in [0.25, 0.3) is 0 Å². The van der Waals surface area contributed by atoms with Crippen LogP contribution in [0.2, 0.25) is 0 Å². The fourth-order valence-electron chi connectivity index (χ4n) is 3.67. The second-order valence-corrected chi connectivity index (χ2v) is 7.50. The standard InChI is InChI=1S/C23H33N3O2/c1-6-10-18-13-8-14-20(19(18)11-7-2)21-16-24-22(25-23(27)28-5)26(21)15-9-12-17(3)4/h6-8,13-14,17,21H,1-2,9-12,15-16H2,3-5H3,(H,24,25,27). The highest BCUT2D eigenvalue weighted by Crippen LogP contribution is 2.31. The van der Waals surface area contributed by atoms with Crippen molar-refractivity contribution in [3.05, 3.63) is 60.2 Å². The highest BCUT2D eigenvalue weighted by Gasteiger charge is 2.31. The molecule has 1 N–H and O–H groups in total. The molecule has 1 aliphatic heterocycles. The number of alkyl carbamates (subject to hydrolysis) is 1. The van der Waals surface area contributed by atoms with Gasteiger partial charge in [-0.3, -0.25) is 10.3 Å². The van der Waals surface area contributed by atoms with E-state index < -0.39 is 6.09 Å². The predicted octanol–water partition coefficient (Wildman–Crippen LogP) is 4.65.